The molecule has 0 aliphatic carbocycles. The van der Waals surface area contributed by atoms with Crippen molar-refractivity contribution >= 4 is 68.4 Å². The minimum absolute atomic E-state index is 0.0715. The molecule has 1 N–H and O–H groups in total. The summed E-state index contributed by atoms with van der Waals surface area (Å²) in [7, 11) is 0. The lowest BCUT2D eigenvalue weighted by molar-refractivity contribution is -0.112. The molecule has 0 aliphatic heterocycles. The summed E-state index contributed by atoms with van der Waals surface area (Å²) in [5.74, 6) is 0.0589. The fourth-order valence-electron chi connectivity index (χ4n) is 2.61. The minimum Gasteiger partial charge on any atom is -0.488 e. The standard InChI is InChI=1S/C23H14BrCl3N2O2/c24-21-8-15(3-6-22(21)31-13-14-1-4-17(25)5-2-14)7-16(12-28)23(30)29-20-10-18(26)9-19(27)11-20/h1-11H,13H2,(H,29,30)/b16-7-. The van der Waals surface area contributed by atoms with E-state index in [2.05, 4.69) is 21.2 Å². The van der Waals surface area contributed by atoms with Crippen LogP contribution >= 0.6 is 50.7 Å². The fourth-order valence-corrected chi connectivity index (χ4v) is 3.77. The largest absolute Gasteiger partial charge is 0.488 e. The molecule has 0 atom stereocenters. The van der Waals surface area contributed by atoms with Crippen LogP contribution in [0.3, 0.4) is 0 Å². The number of anilines is 1. The van der Waals surface area contributed by atoms with Gasteiger partial charge in [-0.3, -0.25) is 4.79 Å². The summed E-state index contributed by atoms with van der Waals surface area (Å²) in [5, 5.41) is 13.5. The van der Waals surface area contributed by atoms with Crippen LogP contribution in [0.15, 0.2) is 70.7 Å². The highest BCUT2D eigenvalue weighted by Gasteiger charge is 2.11. The number of carbonyl (C=O) groups is 1. The van der Waals surface area contributed by atoms with Gasteiger partial charge in [0.15, 0.2) is 0 Å². The summed E-state index contributed by atoms with van der Waals surface area (Å²) in [4.78, 5) is 12.5. The second-order valence-corrected chi connectivity index (χ2v) is 8.55. The third kappa shape index (κ3) is 6.75. The van der Waals surface area contributed by atoms with Gasteiger partial charge in [-0.1, -0.05) is 53.0 Å². The summed E-state index contributed by atoms with van der Waals surface area (Å²) >= 11 is 21.2. The predicted octanol–water partition coefficient (Wildman–Crippen LogP) is 7.53. The number of benzene rings is 3. The molecule has 0 radical (unpaired) electrons. The van der Waals surface area contributed by atoms with Crippen molar-refractivity contribution in [2.24, 2.45) is 0 Å². The van der Waals surface area contributed by atoms with E-state index >= 15 is 0 Å². The quantitative estimate of drug-likeness (QED) is 0.262. The van der Waals surface area contributed by atoms with Crippen molar-refractivity contribution in [3.63, 3.8) is 0 Å². The average molecular weight is 537 g/mol. The second kappa shape index (κ2) is 10.7. The Morgan fingerprint density at radius 2 is 1.68 bits per heavy atom. The summed E-state index contributed by atoms with van der Waals surface area (Å²) in [6.45, 7) is 0.374. The molecule has 0 unspecified atom stereocenters. The van der Waals surface area contributed by atoms with Gasteiger partial charge in [-0.15, -0.1) is 0 Å². The van der Waals surface area contributed by atoms with E-state index in [1.165, 1.54) is 6.08 Å². The molecular weight excluding hydrogens is 523 g/mol. The molecule has 8 heteroatoms. The van der Waals surface area contributed by atoms with Gasteiger partial charge >= 0.3 is 0 Å². The van der Waals surface area contributed by atoms with Gasteiger partial charge in [0.25, 0.3) is 5.91 Å². The zero-order valence-corrected chi connectivity index (χ0v) is 19.7. The van der Waals surface area contributed by atoms with Gasteiger partial charge < -0.3 is 10.1 Å². The molecule has 0 aliphatic rings. The molecule has 4 nitrogen and oxygen atoms in total. The highest BCUT2D eigenvalue weighted by molar-refractivity contribution is 9.10. The molecule has 156 valence electrons. The van der Waals surface area contributed by atoms with Crippen molar-refractivity contribution in [1.82, 2.24) is 0 Å². The molecular formula is C23H14BrCl3N2O2. The number of nitrogens with one attached hydrogen (secondary N) is 1. The summed E-state index contributed by atoms with van der Waals surface area (Å²) in [6.07, 6.45) is 1.48. The summed E-state index contributed by atoms with van der Waals surface area (Å²) < 4.78 is 6.51. The predicted molar refractivity (Wildman–Crippen MR) is 129 cm³/mol. The molecule has 0 fully saturated rings. The zero-order chi connectivity index (χ0) is 22.4. The van der Waals surface area contributed by atoms with Crippen molar-refractivity contribution in [3.05, 3.63) is 96.9 Å². The van der Waals surface area contributed by atoms with E-state index < -0.39 is 5.91 Å². The van der Waals surface area contributed by atoms with Crippen LogP contribution in [0.25, 0.3) is 6.08 Å². The highest BCUT2D eigenvalue weighted by atomic mass is 79.9. The zero-order valence-electron chi connectivity index (χ0n) is 15.8. The number of carbonyl (C=O) groups excluding carboxylic acids is 1. The first-order valence-corrected chi connectivity index (χ1v) is 10.8. The third-order valence-electron chi connectivity index (χ3n) is 4.06. The maximum atomic E-state index is 12.5. The number of nitriles is 1. The van der Waals surface area contributed by atoms with E-state index in [0.29, 0.717) is 43.1 Å². The number of hydrogen-bond acceptors (Lipinski definition) is 3. The Hall–Kier alpha value is -2.49. The van der Waals surface area contributed by atoms with E-state index in [0.717, 1.165) is 5.56 Å². The first-order chi connectivity index (χ1) is 14.8. The lowest BCUT2D eigenvalue weighted by Gasteiger charge is -2.09. The molecule has 3 aromatic carbocycles. The maximum Gasteiger partial charge on any atom is 0.266 e. The van der Waals surface area contributed by atoms with Crippen molar-refractivity contribution < 1.29 is 9.53 Å². The SMILES string of the molecule is N#C/C(=C/c1ccc(OCc2ccc(Cl)cc2)c(Br)c1)C(=O)Nc1cc(Cl)cc(Cl)c1. The van der Waals surface area contributed by atoms with Gasteiger partial charge in [0.1, 0.15) is 24.0 Å². The Kier molecular flexibility index (Phi) is 8.00. The molecule has 1 amide bonds. The molecule has 0 heterocycles. The van der Waals surface area contributed by atoms with Gasteiger partial charge in [0, 0.05) is 20.8 Å². The van der Waals surface area contributed by atoms with E-state index in [9.17, 15) is 10.1 Å². The van der Waals surface area contributed by atoms with Crippen molar-refractivity contribution in [3.8, 4) is 11.8 Å². The van der Waals surface area contributed by atoms with Gasteiger partial charge in [-0.05, 0) is 75.6 Å². The number of halogens is 4. The third-order valence-corrected chi connectivity index (χ3v) is 5.37. The Morgan fingerprint density at radius 3 is 2.29 bits per heavy atom. The summed E-state index contributed by atoms with van der Waals surface area (Å²) in [6, 6.07) is 19.2. The molecule has 0 bridgehead atoms. The van der Waals surface area contributed by atoms with E-state index in [1.54, 1.807) is 48.5 Å². The van der Waals surface area contributed by atoms with Crippen molar-refractivity contribution in [2.75, 3.05) is 5.32 Å². The van der Waals surface area contributed by atoms with E-state index in [4.69, 9.17) is 39.5 Å². The topological polar surface area (TPSA) is 62.1 Å². The van der Waals surface area contributed by atoms with Crippen LogP contribution in [0.1, 0.15) is 11.1 Å². The molecule has 31 heavy (non-hydrogen) atoms. The number of rotatable bonds is 6. The van der Waals surface area contributed by atoms with Crippen molar-refractivity contribution in [2.45, 2.75) is 6.61 Å². The minimum atomic E-state index is -0.569. The lowest BCUT2D eigenvalue weighted by atomic mass is 10.1. The first kappa shape index (κ1) is 23.2. The van der Waals surface area contributed by atoms with E-state index in [-0.39, 0.29) is 5.57 Å². The summed E-state index contributed by atoms with van der Waals surface area (Å²) in [5.41, 5.74) is 1.96. The number of amides is 1. The van der Waals surface area contributed by atoms with Crippen LogP contribution < -0.4 is 10.1 Å². The lowest BCUT2D eigenvalue weighted by Crippen LogP contribution is -2.13. The van der Waals surface area contributed by atoms with Crippen LogP contribution in [0.5, 0.6) is 5.75 Å². The fraction of sp³-hybridized carbons (Fsp3) is 0.0435. The Morgan fingerprint density at radius 1 is 1.00 bits per heavy atom. The Bertz CT molecular complexity index is 1170. The normalized spacial score (nSPS) is 11.0. The van der Waals surface area contributed by atoms with Crippen molar-refractivity contribution in [1.29, 1.82) is 5.26 Å². The molecule has 3 aromatic rings. The highest BCUT2D eigenvalue weighted by Crippen LogP contribution is 2.28. The van der Waals surface area contributed by atoms with Crippen LogP contribution in [-0.2, 0) is 11.4 Å². The monoisotopic (exact) mass is 534 g/mol. The van der Waals surface area contributed by atoms with Crippen LogP contribution in [0, 0.1) is 11.3 Å². The number of ether oxygens (including phenoxy) is 1. The Balaban J connectivity index is 1.71. The smallest absolute Gasteiger partial charge is 0.266 e. The maximum absolute atomic E-state index is 12.5. The molecule has 3 rings (SSSR count). The molecule has 0 spiro atoms. The van der Waals surface area contributed by atoms with Gasteiger partial charge in [0.05, 0.1) is 4.47 Å². The Labute approximate surface area is 203 Å². The number of nitrogens with zero attached hydrogens (tertiary/aromatic N) is 1. The second-order valence-electron chi connectivity index (χ2n) is 6.39. The molecule has 0 aromatic heterocycles. The first-order valence-electron chi connectivity index (χ1n) is 8.90. The van der Waals surface area contributed by atoms with Gasteiger partial charge in [0.2, 0.25) is 0 Å². The molecule has 0 saturated carbocycles. The van der Waals surface area contributed by atoms with Gasteiger partial charge in [-0.25, -0.2) is 0 Å². The van der Waals surface area contributed by atoms with Gasteiger partial charge in [-0.2, -0.15) is 5.26 Å². The number of hydrogen-bond donors (Lipinski definition) is 1. The van der Waals surface area contributed by atoms with Crippen LogP contribution in [0.2, 0.25) is 15.1 Å². The van der Waals surface area contributed by atoms with E-state index in [1.807, 2.05) is 18.2 Å². The van der Waals surface area contributed by atoms with Crippen LogP contribution in [0.4, 0.5) is 5.69 Å². The van der Waals surface area contributed by atoms with Crippen LogP contribution in [-0.4, -0.2) is 5.91 Å². The average Bonchev–Trinajstić information content (AvgIpc) is 2.71. The molecule has 0 saturated heterocycles.